The van der Waals surface area contributed by atoms with Crippen LogP contribution in [0.1, 0.15) is 21.9 Å². The number of furan rings is 1. The molecule has 0 saturated carbocycles. The number of carbonyl (C=O) groups is 1. The number of hydrogen-bond donors (Lipinski definition) is 1. The molecular formula is C11H12ClN3O2. The van der Waals surface area contributed by atoms with Crippen molar-refractivity contribution in [3.63, 3.8) is 0 Å². The molecule has 0 unspecified atom stereocenters. The Labute approximate surface area is 103 Å². The standard InChI is InChI=1S/C11H12ClN3O2/c1-7-9(12)10(15(2)14-7)11(16)13-6-8-4-3-5-17-8/h3-5H,6H2,1-2H3,(H,13,16). The highest BCUT2D eigenvalue weighted by Gasteiger charge is 2.18. The van der Waals surface area contributed by atoms with Crippen LogP contribution in [0.25, 0.3) is 0 Å². The summed E-state index contributed by atoms with van der Waals surface area (Å²) < 4.78 is 6.58. The van der Waals surface area contributed by atoms with Crippen molar-refractivity contribution >= 4 is 17.5 Å². The van der Waals surface area contributed by atoms with Gasteiger partial charge in [0.05, 0.1) is 23.5 Å². The van der Waals surface area contributed by atoms with E-state index in [-0.39, 0.29) is 5.91 Å². The normalized spacial score (nSPS) is 10.5. The van der Waals surface area contributed by atoms with Crippen LogP contribution in [0.2, 0.25) is 5.02 Å². The molecule has 17 heavy (non-hydrogen) atoms. The van der Waals surface area contributed by atoms with Gasteiger partial charge in [-0.05, 0) is 19.1 Å². The van der Waals surface area contributed by atoms with Crippen molar-refractivity contribution in [2.75, 3.05) is 0 Å². The fraction of sp³-hybridized carbons (Fsp3) is 0.273. The van der Waals surface area contributed by atoms with E-state index < -0.39 is 0 Å². The predicted octanol–water partition coefficient (Wildman–Crippen LogP) is 1.90. The zero-order valence-corrected chi connectivity index (χ0v) is 10.3. The number of nitrogens with one attached hydrogen (secondary N) is 1. The highest BCUT2D eigenvalue weighted by molar-refractivity contribution is 6.34. The second-order valence-electron chi connectivity index (χ2n) is 3.63. The zero-order chi connectivity index (χ0) is 12.4. The molecule has 2 heterocycles. The third-order valence-electron chi connectivity index (χ3n) is 2.37. The molecule has 2 rings (SSSR count). The smallest absolute Gasteiger partial charge is 0.271 e. The molecule has 0 aliphatic heterocycles. The molecule has 0 radical (unpaired) electrons. The molecule has 0 aromatic carbocycles. The second kappa shape index (κ2) is 4.63. The van der Waals surface area contributed by atoms with E-state index in [1.165, 1.54) is 4.68 Å². The Balaban J connectivity index is 2.10. The number of aromatic nitrogens is 2. The summed E-state index contributed by atoms with van der Waals surface area (Å²) in [5.74, 6) is 0.419. The van der Waals surface area contributed by atoms with Crippen molar-refractivity contribution < 1.29 is 9.21 Å². The number of amides is 1. The highest BCUT2D eigenvalue weighted by Crippen LogP contribution is 2.19. The van der Waals surface area contributed by atoms with Crippen LogP contribution in [-0.4, -0.2) is 15.7 Å². The Bertz CT molecular complexity index is 531. The van der Waals surface area contributed by atoms with Gasteiger partial charge < -0.3 is 9.73 Å². The highest BCUT2D eigenvalue weighted by atomic mass is 35.5. The molecule has 1 N–H and O–H groups in total. The maximum absolute atomic E-state index is 11.9. The molecule has 0 spiro atoms. The number of rotatable bonds is 3. The molecule has 2 aromatic heterocycles. The van der Waals surface area contributed by atoms with E-state index in [1.807, 2.05) is 0 Å². The number of hydrogen-bond acceptors (Lipinski definition) is 3. The first-order chi connectivity index (χ1) is 8.09. The number of carbonyl (C=O) groups excluding carboxylic acids is 1. The first kappa shape index (κ1) is 11.7. The Morgan fingerprint density at radius 2 is 2.41 bits per heavy atom. The van der Waals surface area contributed by atoms with Crippen molar-refractivity contribution in [2.24, 2.45) is 7.05 Å². The van der Waals surface area contributed by atoms with E-state index in [9.17, 15) is 4.79 Å². The van der Waals surface area contributed by atoms with Crippen LogP contribution in [0.4, 0.5) is 0 Å². The molecule has 0 aliphatic rings. The van der Waals surface area contributed by atoms with Crippen molar-refractivity contribution in [3.8, 4) is 0 Å². The molecule has 0 atom stereocenters. The van der Waals surface area contributed by atoms with Gasteiger partial charge in [-0.15, -0.1) is 0 Å². The Morgan fingerprint density at radius 1 is 1.65 bits per heavy atom. The van der Waals surface area contributed by atoms with Crippen LogP contribution in [0, 0.1) is 6.92 Å². The summed E-state index contributed by atoms with van der Waals surface area (Å²) in [4.78, 5) is 11.9. The average Bonchev–Trinajstić information content (AvgIpc) is 2.86. The first-order valence-corrected chi connectivity index (χ1v) is 5.47. The third-order valence-corrected chi connectivity index (χ3v) is 2.82. The molecule has 0 fully saturated rings. The minimum absolute atomic E-state index is 0.269. The lowest BCUT2D eigenvalue weighted by Crippen LogP contribution is -2.25. The molecule has 90 valence electrons. The molecule has 5 nitrogen and oxygen atoms in total. The lowest BCUT2D eigenvalue weighted by atomic mass is 10.3. The Morgan fingerprint density at radius 3 is 2.94 bits per heavy atom. The van der Waals surface area contributed by atoms with Crippen molar-refractivity contribution in [1.82, 2.24) is 15.1 Å². The van der Waals surface area contributed by atoms with Gasteiger partial charge in [0.15, 0.2) is 0 Å². The molecule has 0 saturated heterocycles. The van der Waals surface area contributed by atoms with Gasteiger partial charge in [0.25, 0.3) is 5.91 Å². The molecule has 0 aliphatic carbocycles. The van der Waals surface area contributed by atoms with E-state index in [0.29, 0.717) is 28.7 Å². The molecule has 2 aromatic rings. The maximum Gasteiger partial charge on any atom is 0.271 e. The van der Waals surface area contributed by atoms with Gasteiger partial charge in [-0.3, -0.25) is 9.48 Å². The maximum atomic E-state index is 11.9. The first-order valence-electron chi connectivity index (χ1n) is 5.09. The minimum Gasteiger partial charge on any atom is -0.467 e. The monoisotopic (exact) mass is 253 g/mol. The minimum atomic E-state index is -0.269. The van der Waals surface area contributed by atoms with Crippen LogP contribution >= 0.6 is 11.6 Å². The molecular weight excluding hydrogens is 242 g/mol. The fourth-order valence-corrected chi connectivity index (χ4v) is 1.79. The van der Waals surface area contributed by atoms with Crippen molar-refractivity contribution in [3.05, 3.63) is 40.6 Å². The summed E-state index contributed by atoms with van der Waals surface area (Å²) in [7, 11) is 1.68. The van der Waals surface area contributed by atoms with E-state index in [4.69, 9.17) is 16.0 Å². The fourth-order valence-electron chi connectivity index (χ4n) is 1.54. The largest absolute Gasteiger partial charge is 0.467 e. The average molecular weight is 254 g/mol. The Kier molecular flexibility index (Phi) is 3.19. The van der Waals surface area contributed by atoms with Crippen molar-refractivity contribution in [1.29, 1.82) is 0 Å². The lowest BCUT2D eigenvalue weighted by Gasteiger charge is -2.03. The van der Waals surface area contributed by atoms with Crippen molar-refractivity contribution in [2.45, 2.75) is 13.5 Å². The number of nitrogens with zero attached hydrogens (tertiary/aromatic N) is 2. The van der Waals surface area contributed by atoms with E-state index in [0.717, 1.165) is 0 Å². The summed E-state index contributed by atoms with van der Waals surface area (Å²) in [5.41, 5.74) is 0.994. The quantitative estimate of drug-likeness (QED) is 0.909. The van der Waals surface area contributed by atoms with Gasteiger partial charge in [-0.2, -0.15) is 5.10 Å². The second-order valence-corrected chi connectivity index (χ2v) is 4.01. The summed E-state index contributed by atoms with van der Waals surface area (Å²) in [6, 6.07) is 3.55. The van der Waals surface area contributed by atoms with Gasteiger partial charge in [-0.1, -0.05) is 11.6 Å². The van der Waals surface area contributed by atoms with Crippen LogP contribution in [0.15, 0.2) is 22.8 Å². The SMILES string of the molecule is Cc1nn(C)c(C(=O)NCc2ccco2)c1Cl. The van der Waals surface area contributed by atoms with Gasteiger partial charge in [-0.25, -0.2) is 0 Å². The third kappa shape index (κ3) is 2.34. The molecule has 1 amide bonds. The topological polar surface area (TPSA) is 60.1 Å². The van der Waals surface area contributed by atoms with Gasteiger partial charge in [0, 0.05) is 7.05 Å². The van der Waals surface area contributed by atoms with Gasteiger partial charge in [0.2, 0.25) is 0 Å². The zero-order valence-electron chi connectivity index (χ0n) is 9.53. The van der Waals surface area contributed by atoms with Crippen LogP contribution < -0.4 is 5.32 Å². The lowest BCUT2D eigenvalue weighted by molar-refractivity contribution is 0.0939. The number of halogens is 1. The van der Waals surface area contributed by atoms with Gasteiger partial charge in [0.1, 0.15) is 11.5 Å². The summed E-state index contributed by atoms with van der Waals surface area (Å²) in [6.07, 6.45) is 1.56. The van der Waals surface area contributed by atoms with Crippen LogP contribution in [0.3, 0.4) is 0 Å². The molecule has 6 heteroatoms. The molecule has 0 bridgehead atoms. The summed E-state index contributed by atoms with van der Waals surface area (Å²) in [5, 5.41) is 7.17. The summed E-state index contributed by atoms with van der Waals surface area (Å²) in [6.45, 7) is 2.08. The van der Waals surface area contributed by atoms with Crippen LogP contribution in [0.5, 0.6) is 0 Å². The van der Waals surface area contributed by atoms with Gasteiger partial charge >= 0.3 is 0 Å². The van der Waals surface area contributed by atoms with E-state index in [1.54, 1.807) is 32.4 Å². The number of aryl methyl sites for hydroxylation is 2. The summed E-state index contributed by atoms with van der Waals surface area (Å²) >= 11 is 6.00. The Hall–Kier alpha value is -1.75. The van der Waals surface area contributed by atoms with Crippen LogP contribution in [-0.2, 0) is 13.6 Å². The van der Waals surface area contributed by atoms with E-state index >= 15 is 0 Å². The predicted molar refractivity (Wildman–Crippen MR) is 62.8 cm³/mol. The van der Waals surface area contributed by atoms with E-state index in [2.05, 4.69) is 10.4 Å².